The number of anilines is 2. The van der Waals surface area contributed by atoms with Crippen molar-refractivity contribution in [3.63, 3.8) is 0 Å². The Kier molecular flexibility index (Phi) is 7.81. The van der Waals surface area contributed by atoms with Crippen LogP contribution >= 0.6 is 11.3 Å². The van der Waals surface area contributed by atoms with Crippen LogP contribution in [0.4, 0.5) is 24.7 Å². The highest BCUT2D eigenvalue weighted by molar-refractivity contribution is 7.92. The van der Waals surface area contributed by atoms with E-state index in [-0.39, 0.29) is 28.5 Å². The molecule has 2 aromatic carbocycles. The van der Waals surface area contributed by atoms with Gasteiger partial charge in [-0.05, 0) is 24.1 Å². The van der Waals surface area contributed by atoms with Crippen LogP contribution in [-0.2, 0) is 26.2 Å². The quantitative estimate of drug-likeness (QED) is 0.281. The van der Waals surface area contributed by atoms with Gasteiger partial charge in [0.15, 0.2) is 5.82 Å². The lowest BCUT2D eigenvalue weighted by Gasteiger charge is -2.29. The van der Waals surface area contributed by atoms with E-state index in [1.54, 1.807) is 11.9 Å². The second kappa shape index (κ2) is 10.8. The van der Waals surface area contributed by atoms with Crippen LogP contribution in [0, 0.1) is 5.82 Å². The number of likely N-dealkylation sites (N-methyl/N-ethyl adjacent to an activating group) is 1. The van der Waals surface area contributed by atoms with E-state index in [0.717, 1.165) is 29.5 Å². The fourth-order valence-corrected chi connectivity index (χ4v) is 6.03. The highest BCUT2D eigenvalue weighted by atomic mass is 32.2. The van der Waals surface area contributed by atoms with Gasteiger partial charge in [-0.3, -0.25) is 9.69 Å². The predicted octanol–water partition coefficient (Wildman–Crippen LogP) is 4.21. The molecule has 0 amide bonds. The molecule has 1 aromatic heterocycles. The van der Waals surface area contributed by atoms with Gasteiger partial charge in [-0.15, -0.1) is 11.3 Å². The Balaban J connectivity index is 1.62. The number of benzene rings is 2. The molecule has 8 nitrogen and oxygen atoms in total. The Morgan fingerprint density at radius 1 is 1.28 bits per heavy atom. The molecule has 4 rings (SSSR count). The van der Waals surface area contributed by atoms with Crippen LogP contribution in [0.2, 0.25) is 0 Å². The van der Waals surface area contributed by atoms with Crippen molar-refractivity contribution in [2.45, 2.75) is 30.3 Å². The van der Waals surface area contributed by atoms with E-state index < -0.39 is 32.7 Å². The summed E-state index contributed by atoms with van der Waals surface area (Å²) in [5.41, 5.74) is 1.64. The molecule has 0 unspecified atom stereocenters. The van der Waals surface area contributed by atoms with Gasteiger partial charge in [-0.25, -0.2) is 18.2 Å². The zero-order valence-corrected chi connectivity index (χ0v) is 20.8. The molecule has 1 aliphatic rings. The van der Waals surface area contributed by atoms with Crippen molar-refractivity contribution in [3.8, 4) is 0 Å². The molecule has 3 aromatic rings. The van der Waals surface area contributed by atoms with Crippen molar-refractivity contribution in [2.24, 2.45) is 0 Å². The van der Waals surface area contributed by atoms with Crippen molar-refractivity contribution in [2.75, 3.05) is 29.5 Å². The smallest absolute Gasteiger partial charge is 0.322 e. The standard InChI is InChI=1S/C23H23F3N4O4S2/c1-28(17-7-8-29(12-17)11-16-5-3-2-4-6-16)20-10-19(24)21(9-18(20)23(25)26)36(32,33)30(34-15-31)22-13-35-14-27-22/h2-6,9-10,13-15,17,23H,7-8,11-12H2,1H3/t17-/m0/s1. The molecule has 1 fully saturated rings. The second-order valence-corrected chi connectivity index (χ2v) is 10.6. The number of aromatic nitrogens is 1. The number of hydrogen-bond acceptors (Lipinski definition) is 8. The Morgan fingerprint density at radius 2 is 2.03 bits per heavy atom. The SMILES string of the molecule is CN(c1cc(F)c(S(=O)(=O)N(OC=O)c2cscn2)cc1C(F)F)[C@H]1CCN(Cc2ccccc2)C1. The summed E-state index contributed by atoms with van der Waals surface area (Å²) in [6.45, 7) is 1.82. The number of nitrogens with zero attached hydrogens (tertiary/aromatic N) is 4. The highest BCUT2D eigenvalue weighted by Gasteiger charge is 2.35. The number of likely N-dealkylation sites (tertiary alicyclic amines) is 1. The molecule has 1 saturated heterocycles. The predicted molar refractivity (Wildman–Crippen MR) is 129 cm³/mol. The number of rotatable bonds is 10. The van der Waals surface area contributed by atoms with Crippen molar-refractivity contribution in [1.29, 1.82) is 0 Å². The molecule has 0 spiro atoms. The average molecular weight is 541 g/mol. The summed E-state index contributed by atoms with van der Waals surface area (Å²) in [6, 6.07) is 11.0. The summed E-state index contributed by atoms with van der Waals surface area (Å²) in [4.78, 5) is 21.9. The van der Waals surface area contributed by atoms with E-state index in [1.165, 1.54) is 10.9 Å². The molecule has 0 aliphatic carbocycles. The third-order valence-corrected chi connectivity index (χ3v) is 8.13. The Labute approximate surface area is 210 Å². The molecule has 2 heterocycles. The molecule has 0 N–H and O–H groups in total. The molecule has 0 radical (unpaired) electrons. The molecule has 1 atom stereocenters. The number of carbonyl (C=O) groups is 1. The number of hydrogen-bond donors (Lipinski definition) is 0. The maximum atomic E-state index is 15.2. The normalized spacial score (nSPS) is 16.3. The lowest BCUT2D eigenvalue weighted by atomic mass is 10.1. The molecular formula is C23H23F3N4O4S2. The van der Waals surface area contributed by atoms with Crippen LogP contribution in [0.3, 0.4) is 0 Å². The van der Waals surface area contributed by atoms with Gasteiger partial charge in [0, 0.05) is 49.4 Å². The zero-order chi connectivity index (χ0) is 25.9. The third-order valence-electron chi connectivity index (χ3n) is 5.98. The fourth-order valence-electron chi connectivity index (χ4n) is 4.21. The Morgan fingerprint density at radius 3 is 2.67 bits per heavy atom. The van der Waals surface area contributed by atoms with E-state index in [1.807, 2.05) is 30.3 Å². The van der Waals surface area contributed by atoms with Crippen LogP contribution < -0.4 is 9.37 Å². The van der Waals surface area contributed by atoms with Gasteiger partial charge < -0.3 is 9.74 Å². The van der Waals surface area contributed by atoms with Gasteiger partial charge in [0.1, 0.15) is 10.7 Å². The Bertz CT molecular complexity index is 1290. The van der Waals surface area contributed by atoms with Crippen LogP contribution in [0.15, 0.2) is 58.3 Å². The topological polar surface area (TPSA) is 83.1 Å². The molecule has 192 valence electrons. The summed E-state index contributed by atoms with van der Waals surface area (Å²) in [5.74, 6) is -1.56. The molecule has 36 heavy (non-hydrogen) atoms. The first-order chi connectivity index (χ1) is 17.2. The largest absolute Gasteiger partial charge is 0.370 e. The first-order valence-corrected chi connectivity index (χ1v) is 13.2. The first-order valence-electron chi connectivity index (χ1n) is 10.9. The number of halogens is 3. The zero-order valence-electron chi connectivity index (χ0n) is 19.1. The first kappa shape index (κ1) is 25.9. The minimum absolute atomic E-state index is 0.103. The van der Waals surface area contributed by atoms with Crippen LogP contribution in [0.25, 0.3) is 0 Å². The maximum absolute atomic E-state index is 15.2. The number of thiazole rings is 1. The van der Waals surface area contributed by atoms with Gasteiger partial charge >= 0.3 is 6.47 Å². The van der Waals surface area contributed by atoms with Gasteiger partial charge in [0.25, 0.3) is 16.4 Å². The van der Waals surface area contributed by atoms with Gasteiger partial charge in [-0.2, -0.15) is 8.42 Å². The molecule has 13 heteroatoms. The van der Waals surface area contributed by atoms with Crippen molar-refractivity contribution >= 4 is 39.3 Å². The molecule has 1 aliphatic heterocycles. The number of sulfonamides is 1. The minimum atomic E-state index is -4.89. The van der Waals surface area contributed by atoms with Crippen LogP contribution in [-0.4, -0.2) is 51.0 Å². The summed E-state index contributed by atoms with van der Waals surface area (Å²) in [5, 5.41) is 1.25. The monoisotopic (exact) mass is 540 g/mol. The summed E-state index contributed by atoms with van der Waals surface area (Å²) < 4.78 is 69.6. The Hall–Kier alpha value is -3.16. The van der Waals surface area contributed by atoms with Crippen LogP contribution in [0.1, 0.15) is 24.0 Å². The average Bonchev–Trinajstić information content (AvgIpc) is 3.54. The number of carbonyl (C=O) groups excluding carboxylic acids is 1. The van der Waals surface area contributed by atoms with Crippen molar-refractivity contribution in [1.82, 2.24) is 9.88 Å². The number of alkyl halides is 2. The van der Waals surface area contributed by atoms with Gasteiger partial charge in [-0.1, -0.05) is 34.8 Å². The van der Waals surface area contributed by atoms with E-state index in [0.29, 0.717) is 25.6 Å². The lowest BCUT2D eigenvalue weighted by molar-refractivity contribution is -0.128. The van der Waals surface area contributed by atoms with E-state index in [9.17, 15) is 22.0 Å². The van der Waals surface area contributed by atoms with E-state index >= 15 is 4.39 Å². The molecule has 0 saturated carbocycles. The summed E-state index contributed by atoms with van der Waals surface area (Å²) >= 11 is 1.00. The van der Waals surface area contributed by atoms with Gasteiger partial charge in [0.2, 0.25) is 0 Å². The van der Waals surface area contributed by atoms with Crippen molar-refractivity contribution in [3.05, 3.63) is 70.3 Å². The summed E-state index contributed by atoms with van der Waals surface area (Å²) in [6.07, 6.45) is -2.42. The second-order valence-electron chi connectivity index (χ2n) is 8.20. The molecular weight excluding hydrogens is 517 g/mol. The molecule has 0 bridgehead atoms. The lowest BCUT2D eigenvalue weighted by Crippen LogP contribution is -2.35. The maximum Gasteiger partial charge on any atom is 0.322 e. The summed E-state index contributed by atoms with van der Waals surface area (Å²) in [7, 11) is -3.30. The van der Waals surface area contributed by atoms with E-state index in [4.69, 9.17) is 0 Å². The highest BCUT2D eigenvalue weighted by Crippen LogP contribution is 2.37. The minimum Gasteiger partial charge on any atom is -0.370 e. The van der Waals surface area contributed by atoms with Crippen molar-refractivity contribution < 1.29 is 31.2 Å². The van der Waals surface area contributed by atoms with E-state index in [2.05, 4.69) is 14.7 Å². The fraction of sp³-hybridized carbons (Fsp3) is 0.304. The van der Waals surface area contributed by atoms with Gasteiger partial charge in [0.05, 0.1) is 5.51 Å². The van der Waals surface area contributed by atoms with Crippen LogP contribution in [0.5, 0.6) is 0 Å². The third kappa shape index (κ3) is 5.32.